The van der Waals surface area contributed by atoms with Crippen molar-refractivity contribution in [2.75, 3.05) is 0 Å². The van der Waals surface area contributed by atoms with Gasteiger partial charge < -0.3 is 0 Å². The molecule has 0 aromatic heterocycles. The van der Waals surface area contributed by atoms with Crippen molar-refractivity contribution in [3.05, 3.63) is 12.2 Å². The summed E-state index contributed by atoms with van der Waals surface area (Å²) in [5.74, 6) is -0.722. The topological polar surface area (TPSA) is 51.2 Å². The van der Waals surface area contributed by atoms with Crippen LogP contribution in [0.25, 0.3) is 0 Å². The molecule has 0 saturated heterocycles. The number of fused-ring (bicyclic) bond motifs is 5. The van der Waals surface area contributed by atoms with Gasteiger partial charge in [-0.1, -0.05) is 19.1 Å². The highest BCUT2D eigenvalue weighted by Crippen LogP contribution is 2.65. The smallest absolute Gasteiger partial charge is 0.171 e. The normalized spacial score (nSPS) is 51.2. The molecule has 4 aliphatic rings. The summed E-state index contributed by atoms with van der Waals surface area (Å²) in [6, 6.07) is 0. The number of hydrogen-bond donors (Lipinski definition) is 0. The van der Waals surface area contributed by atoms with Crippen molar-refractivity contribution in [1.29, 1.82) is 0 Å². The number of carbonyl (C=O) groups is 3. The fourth-order valence-corrected chi connectivity index (χ4v) is 6.60. The summed E-state index contributed by atoms with van der Waals surface area (Å²) in [4.78, 5) is 37.4. The SMILES string of the molecule is C=C1CC2C(C(=O)C(F)[C@]3(C)C(=O)CCC23)C2(C)CCC(=O)CC12. The van der Waals surface area contributed by atoms with Crippen molar-refractivity contribution in [3.63, 3.8) is 0 Å². The number of Topliss-reactive ketones (excluding diaryl/α,β-unsaturated/α-hetero) is 3. The molecule has 24 heavy (non-hydrogen) atoms. The zero-order valence-corrected chi connectivity index (χ0v) is 14.4. The van der Waals surface area contributed by atoms with Crippen LogP contribution < -0.4 is 0 Å². The summed E-state index contributed by atoms with van der Waals surface area (Å²) in [5.41, 5.74) is -0.507. The Bertz CT molecular complexity index is 668. The van der Waals surface area contributed by atoms with Gasteiger partial charge in [0.1, 0.15) is 11.6 Å². The molecule has 0 N–H and O–H groups in total. The summed E-state index contributed by atoms with van der Waals surface area (Å²) < 4.78 is 15.2. The third-order valence-corrected chi connectivity index (χ3v) is 7.95. The first kappa shape index (κ1) is 16.2. The number of ketones is 3. The average Bonchev–Trinajstić information content (AvgIpc) is 2.83. The van der Waals surface area contributed by atoms with E-state index in [-0.39, 0.29) is 46.4 Å². The second kappa shape index (κ2) is 4.86. The van der Waals surface area contributed by atoms with Crippen LogP contribution in [0.5, 0.6) is 0 Å². The van der Waals surface area contributed by atoms with Gasteiger partial charge in [0.05, 0.1) is 5.41 Å². The van der Waals surface area contributed by atoms with E-state index in [9.17, 15) is 14.4 Å². The Morgan fingerprint density at radius 1 is 1.12 bits per heavy atom. The maximum Gasteiger partial charge on any atom is 0.171 e. The van der Waals surface area contributed by atoms with E-state index in [1.54, 1.807) is 6.92 Å². The fraction of sp³-hybridized carbons (Fsp3) is 0.750. The molecule has 0 aromatic rings. The lowest BCUT2D eigenvalue weighted by Gasteiger charge is -2.59. The molecule has 0 aliphatic heterocycles. The van der Waals surface area contributed by atoms with Gasteiger partial charge in [-0.15, -0.1) is 0 Å². The molecule has 130 valence electrons. The standard InChI is InChI=1S/C20H25FO3/c1-10-8-12-13-4-5-15(23)20(13,3)18(21)17(24)16(12)19(2)7-6-11(22)9-14(10)19/h12-14,16,18H,1,4-9H2,2-3H3/t12?,13?,14?,16?,18?,19?,20-/m0/s1. The minimum absolute atomic E-state index is 0.00269. The lowest BCUT2D eigenvalue weighted by molar-refractivity contribution is -0.168. The van der Waals surface area contributed by atoms with Crippen LogP contribution in [0.3, 0.4) is 0 Å². The predicted octanol–water partition coefficient (Wildman–Crippen LogP) is 3.46. The van der Waals surface area contributed by atoms with Gasteiger partial charge in [0, 0.05) is 25.2 Å². The van der Waals surface area contributed by atoms with Crippen molar-refractivity contribution in [1.82, 2.24) is 0 Å². The third-order valence-electron chi connectivity index (χ3n) is 7.95. The highest BCUT2D eigenvalue weighted by Gasteiger charge is 2.68. The minimum Gasteiger partial charge on any atom is -0.300 e. The van der Waals surface area contributed by atoms with Gasteiger partial charge >= 0.3 is 0 Å². The zero-order valence-electron chi connectivity index (χ0n) is 14.4. The lowest BCUT2D eigenvalue weighted by Crippen LogP contribution is -2.62. The molecule has 4 rings (SSSR count). The van der Waals surface area contributed by atoms with E-state index < -0.39 is 11.6 Å². The maximum absolute atomic E-state index is 15.2. The summed E-state index contributed by atoms with van der Waals surface area (Å²) in [5, 5.41) is 0. The van der Waals surface area contributed by atoms with E-state index in [1.807, 2.05) is 0 Å². The van der Waals surface area contributed by atoms with Gasteiger partial charge in [-0.25, -0.2) is 4.39 Å². The van der Waals surface area contributed by atoms with Crippen LogP contribution in [0, 0.1) is 34.5 Å². The first-order valence-electron chi connectivity index (χ1n) is 9.11. The minimum atomic E-state index is -1.69. The summed E-state index contributed by atoms with van der Waals surface area (Å²) in [6.07, 6.45) is 1.55. The molecule has 0 spiro atoms. The molecule has 4 heteroatoms. The average molecular weight is 332 g/mol. The van der Waals surface area contributed by atoms with E-state index in [4.69, 9.17) is 0 Å². The van der Waals surface area contributed by atoms with Crippen LogP contribution in [0.1, 0.15) is 52.4 Å². The van der Waals surface area contributed by atoms with Crippen molar-refractivity contribution in [2.45, 2.75) is 58.5 Å². The molecule has 0 bridgehead atoms. The quantitative estimate of drug-likeness (QED) is 0.638. The Labute approximate surface area is 142 Å². The van der Waals surface area contributed by atoms with E-state index >= 15 is 4.39 Å². The van der Waals surface area contributed by atoms with E-state index in [2.05, 4.69) is 13.5 Å². The molecule has 6 unspecified atom stereocenters. The summed E-state index contributed by atoms with van der Waals surface area (Å²) >= 11 is 0. The molecule has 0 heterocycles. The number of alkyl halides is 1. The molecule has 7 atom stereocenters. The van der Waals surface area contributed by atoms with Crippen molar-refractivity contribution < 1.29 is 18.8 Å². The van der Waals surface area contributed by atoms with Gasteiger partial charge in [0.2, 0.25) is 0 Å². The molecule has 3 nitrogen and oxygen atoms in total. The Morgan fingerprint density at radius 3 is 2.54 bits per heavy atom. The van der Waals surface area contributed by atoms with Crippen LogP contribution in [0.4, 0.5) is 4.39 Å². The Balaban J connectivity index is 1.81. The van der Waals surface area contributed by atoms with Crippen molar-refractivity contribution >= 4 is 17.3 Å². The van der Waals surface area contributed by atoms with Crippen LogP contribution in [0.15, 0.2) is 12.2 Å². The van der Waals surface area contributed by atoms with Crippen LogP contribution >= 0.6 is 0 Å². The van der Waals surface area contributed by atoms with Gasteiger partial charge in [-0.05, 0) is 49.4 Å². The third kappa shape index (κ3) is 1.75. The number of rotatable bonds is 0. The molecular formula is C20H25FO3. The molecular weight excluding hydrogens is 307 g/mol. The molecule has 4 saturated carbocycles. The molecule has 4 fully saturated rings. The molecule has 0 amide bonds. The number of carbonyl (C=O) groups excluding carboxylic acids is 3. The van der Waals surface area contributed by atoms with Crippen LogP contribution in [-0.2, 0) is 14.4 Å². The largest absolute Gasteiger partial charge is 0.300 e. The first-order valence-corrected chi connectivity index (χ1v) is 9.11. The Morgan fingerprint density at radius 2 is 1.83 bits per heavy atom. The van der Waals surface area contributed by atoms with Gasteiger partial charge in [-0.2, -0.15) is 0 Å². The zero-order chi connectivity index (χ0) is 17.4. The van der Waals surface area contributed by atoms with Gasteiger partial charge in [-0.3, -0.25) is 14.4 Å². The maximum atomic E-state index is 15.2. The Kier molecular flexibility index (Phi) is 3.27. The molecule has 0 radical (unpaired) electrons. The van der Waals surface area contributed by atoms with Gasteiger partial charge in [0.25, 0.3) is 0 Å². The molecule has 4 aliphatic carbocycles. The highest BCUT2D eigenvalue weighted by atomic mass is 19.1. The van der Waals surface area contributed by atoms with Gasteiger partial charge in [0.15, 0.2) is 12.0 Å². The lowest BCUT2D eigenvalue weighted by atomic mass is 9.43. The molecule has 0 aromatic carbocycles. The van der Waals surface area contributed by atoms with E-state index in [0.717, 1.165) is 5.57 Å². The summed E-state index contributed by atoms with van der Waals surface area (Å²) in [6.45, 7) is 7.94. The van der Waals surface area contributed by atoms with Crippen molar-refractivity contribution in [3.8, 4) is 0 Å². The highest BCUT2D eigenvalue weighted by molar-refractivity contribution is 5.99. The second-order valence-electron chi connectivity index (χ2n) is 8.92. The van der Waals surface area contributed by atoms with Crippen LogP contribution in [-0.4, -0.2) is 23.5 Å². The number of halogens is 1. The van der Waals surface area contributed by atoms with E-state index in [0.29, 0.717) is 38.5 Å². The summed E-state index contributed by atoms with van der Waals surface area (Å²) in [7, 11) is 0. The Hall–Kier alpha value is -1.32. The predicted molar refractivity (Wildman–Crippen MR) is 86.9 cm³/mol. The van der Waals surface area contributed by atoms with Crippen molar-refractivity contribution in [2.24, 2.45) is 34.5 Å². The monoisotopic (exact) mass is 332 g/mol. The second-order valence-corrected chi connectivity index (χ2v) is 8.92. The number of hydrogen-bond acceptors (Lipinski definition) is 3. The van der Waals surface area contributed by atoms with Crippen LogP contribution in [0.2, 0.25) is 0 Å². The first-order chi connectivity index (χ1) is 11.2. The van der Waals surface area contributed by atoms with E-state index in [1.165, 1.54) is 0 Å². The number of allylic oxidation sites excluding steroid dienone is 1. The fourth-order valence-electron chi connectivity index (χ4n) is 6.60.